The molecule has 2 aliphatic rings. The Morgan fingerprint density at radius 2 is 2.00 bits per heavy atom. The average molecular weight is 471 g/mol. The molecule has 3 atom stereocenters. The van der Waals surface area contributed by atoms with Crippen LogP contribution >= 0.6 is 11.8 Å². The van der Waals surface area contributed by atoms with E-state index < -0.39 is 0 Å². The first-order valence-electron chi connectivity index (χ1n) is 12.1. The molecule has 3 aromatic rings. The largest absolute Gasteiger partial charge is 0.362 e. The topological polar surface area (TPSA) is 68.9 Å². The standard InChI is InChI=1S/C27H30N6S/c1-20-14-23(8-4-6-21(20)15-28)33(24-16-29-19-30-17-24)18-22-7-5-11-31-27(22)32-12-13-34-26-10-3-2-9-25(26)32/h2-3,5,7,9-11,16-17,19-21,23H,4,6,8,12-14,18H2,1H3. The smallest absolute Gasteiger partial charge is 0.138 e. The molecule has 7 heteroatoms. The predicted octanol–water partition coefficient (Wildman–Crippen LogP) is 5.84. The normalized spacial score (nSPS) is 22.4. The molecular formula is C27H30N6S. The summed E-state index contributed by atoms with van der Waals surface area (Å²) in [5.41, 5.74) is 3.45. The highest BCUT2D eigenvalue weighted by atomic mass is 32.2. The molecule has 1 aliphatic heterocycles. The van der Waals surface area contributed by atoms with Crippen LogP contribution in [0, 0.1) is 23.2 Å². The van der Waals surface area contributed by atoms with Gasteiger partial charge in [0.2, 0.25) is 0 Å². The van der Waals surface area contributed by atoms with E-state index in [2.05, 4.69) is 63.1 Å². The van der Waals surface area contributed by atoms with E-state index in [1.165, 1.54) is 16.1 Å². The zero-order chi connectivity index (χ0) is 23.3. The van der Waals surface area contributed by atoms with Gasteiger partial charge in [-0.05, 0) is 43.4 Å². The van der Waals surface area contributed by atoms with Gasteiger partial charge in [0.05, 0.1) is 29.8 Å². The molecule has 2 aromatic heterocycles. The molecular weight excluding hydrogens is 440 g/mol. The monoisotopic (exact) mass is 470 g/mol. The second kappa shape index (κ2) is 10.4. The van der Waals surface area contributed by atoms with Crippen LogP contribution in [-0.2, 0) is 6.54 Å². The number of thioether (sulfide) groups is 1. The summed E-state index contributed by atoms with van der Waals surface area (Å²) < 4.78 is 0. The molecule has 0 saturated heterocycles. The summed E-state index contributed by atoms with van der Waals surface area (Å²) in [6, 6.07) is 15.7. The van der Waals surface area contributed by atoms with Crippen molar-refractivity contribution in [1.29, 1.82) is 5.26 Å². The van der Waals surface area contributed by atoms with E-state index in [4.69, 9.17) is 4.98 Å². The third-order valence-electron chi connectivity index (χ3n) is 7.06. The minimum atomic E-state index is 0.134. The molecule has 5 rings (SSSR count). The first-order valence-corrected chi connectivity index (χ1v) is 13.1. The van der Waals surface area contributed by atoms with Gasteiger partial charge in [-0.3, -0.25) is 0 Å². The lowest BCUT2D eigenvalue weighted by Crippen LogP contribution is -2.37. The van der Waals surface area contributed by atoms with Crippen LogP contribution in [0.3, 0.4) is 0 Å². The van der Waals surface area contributed by atoms with Crippen LogP contribution < -0.4 is 9.80 Å². The van der Waals surface area contributed by atoms with Gasteiger partial charge in [-0.2, -0.15) is 5.26 Å². The van der Waals surface area contributed by atoms with Crippen molar-refractivity contribution >= 4 is 29.0 Å². The van der Waals surface area contributed by atoms with Crippen molar-refractivity contribution in [3.05, 3.63) is 66.9 Å². The Morgan fingerprint density at radius 3 is 2.85 bits per heavy atom. The van der Waals surface area contributed by atoms with E-state index in [0.29, 0.717) is 12.0 Å². The van der Waals surface area contributed by atoms with Gasteiger partial charge >= 0.3 is 0 Å². The Bertz CT molecular complexity index is 1150. The summed E-state index contributed by atoms with van der Waals surface area (Å²) in [6.07, 6.45) is 11.4. The zero-order valence-electron chi connectivity index (χ0n) is 19.5. The van der Waals surface area contributed by atoms with Crippen LogP contribution in [0.5, 0.6) is 0 Å². The van der Waals surface area contributed by atoms with Gasteiger partial charge in [-0.25, -0.2) is 15.0 Å². The third kappa shape index (κ3) is 4.74. The second-order valence-corrected chi connectivity index (χ2v) is 10.3. The highest BCUT2D eigenvalue weighted by Crippen LogP contribution is 2.40. The van der Waals surface area contributed by atoms with E-state index in [0.717, 1.165) is 56.0 Å². The van der Waals surface area contributed by atoms with Crippen molar-refractivity contribution in [2.45, 2.75) is 50.1 Å². The number of nitriles is 1. The molecule has 1 aliphatic carbocycles. The summed E-state index contributed by atoms with van der Waals surface area (Å²) in [5.74, 6) is 2.56. The van der Waals surface area contributed by atoms with Gasteiger partial charge in [0.1, 0.15) is 12.1 Å². The van der Waals surface area contributed by atoms with E-state index in [9.17, 15) is 5.26 Å². The number of benzene rings is 1. The van der Waals surface area contributed by atoms with E-state index in [-0.39, 0.29) is 5.92 Å². The van der Waals surface area contributed by atoms with Crippen LogP contribution in [0.4, 0.5) is 17.2 Å². The summed E-state index contributed by atoms with van der Waals surface area (Å²) in [5, 5.41) is 9.63. The highest BCUT2D eigenvalue weighted by Gasteiger charge is 2.30. The fourth-order valence-corrected chi connectivity index (χ4v) is 6.28. The minimum Gasteiger partial charge on any atom is -0.362 e. The van der Waals surface area contributed by atoms with E-state index in [1.807, 2.05) is 36.4 Å². The molecule has 1 fully saturated rings. The van der Waals surface area contributed by atoms with Gasteiger partial charge in [-0.1, -0.05) is 31.5 Å². The van der Waals surface area contributed by atoms with Crippen molar-refractivity contribution in [2.75, 3.05) is 22.1 Å². The summed E-state index contributed by atoms with van der Waals surface area (Å²) >= 11 is 1.91. The highest BCUT2D eigenvalue weighted by molar-refractivity contribution is 7.99. The van der Waals surface area contributed by atoms with Crippen molar-refractivity contribution in [3.63, 3.8) is 0 Å². The Hall–Kier alpha value is -3.11. The lowest BCUT2D eigenvalue weighted by atomic mass is 9.90. The lowest BCUT2D eigenvalue weighted by molar-refractivity contribution is 0.389. The van der Waals surface area contributed by atoms with Gasteiger partial charge in [0.25, 0.3) is 0 Å². The van der Waals surface area contributed by atoms with E-state index in [1.54, 1.807) is 6.33 Å². The molecule has 34 heavy (non-hydrogen) atoms. The Balaban J connectivity index is 1.50. The van der Waals surface area contributed by atoms with Gasteiger partial charge in [0.15, 0.2) is 0 Å². The van der Waals surface area contributed by atoms with Gasteiger partial charge < -0.3 is 9.80 Å². The van der Waals surface area contributed by atoms with Crippen LogP contribution in [0.2, 0.25) is 0 Å². The zero-order valence-corrected chi connectivity index (χ0v) is 20.4. The molecule has 1 saturated carbocycles. The maximum Gasteiger partial charge on any atom is 0.138 e. The Kier molecular flexibility index (Phi) is 6.96. The molecule has 0 N–H and O–H groups in total. The number of aromatic nitrogens is 3. The molecule has 0 amide bonds. The number of nitrogens with zero attached hydrogens (tertiary/aromatic N) is 6. The summed E-state index contributed by atoms with van der Waals surface area (Å²) in [7, 11) is 0. The maximum absolute atomic E-state index is 9.63. The Labute approximate surface area is 206 Å². The molecule has 6 nitrogen and oxygen atoms in total. The minimum absolute atomic E-state index is 0.134. The summed E-state index contributed by atoms with van der Waals surface area (Å²) in [6.45, 7) is 3.89. The average Bonchev–Trinajstić information content (AvgIpc) is 3.08. The molecule has 3 heterocycles. The first kappa shape index (κ1) is 22.7. The molecule has 0 spiro atoms. The molecule has 1 aromatic carbocycles. The number of hydrogen-bond acceptors (Lipinski definition) is 7. The number of rotatable bonds is 5. The van der Waals surface area contributed by atoms with Crippen molar-refractivity contribution in [3.8, 4) is 6.07 Å². The van der Waals surface area contributed by atoms with Crippen LogP contribution in [0.15, 0.2) is 66.2 Å². The molecule has 174 valence electrons. The second-order valence-electron chi connectivity index (χ2n) is 9.21. The van der Waals surface area contributed by atoms with Gasteiger partial charge in [-0.15, -0.1) is 11.8 Å². The number of fused-ring (bicyclic) bond motifs is 1. The Morgan fingerprint density at radius 1 is 1.15 bits per heavy atom. The molecule has 3 unspecified atom stereocenters. The number of hydrogen-bond donors (Lipinski definition) is 0. The molecule has 0 bridgehead atoms. The van der Waals surface area contributed by atoms with Crippen molar-refractivity contribution in [2.24, 2.45) is 11.8 Å². The first-order chi connectivity index (χ1) is 16.7. The predicted molar refractivity (Wildman–Crippen MR) is 137 cm³/mol. The number of pyridine rings is 1. The van der Waals surface area contributed by atoms with E-state index >= 15 is 0 Å². The lowest BCUT2D eigenvalue weighted by Gasteiger charge is -2.36. The third-order valence-corrected chi connectivity index (χ3v) is 8.10. The quantitative estimate of drug-likeness (QED) is 0.434. The molecule has 0 radical (unpaired) electrons. The maximum atomic E-state index is 9.63. The SMILES string of the molecule is CC1CC(N(Cc2cccnc2N2CCSc3ccccc32)c2cncnc2)CCCC1C#N. The number of para-hydroxylation sites is 1. The van der Waals surface area contributed by atoms with Crippen LogP contribution in [-0.4, -0.2) is 33.3 Å². The number of anilines is 3. The van der Waals surface area contributed by atoms with Crippen LogP contribution in [0.25, 0.3) is 0 Å². The van der Waals surface area contributed by atoms with Crippen LogP contribution in [0.1, 0.15) is 38.2 Å². The van der Waals surface area contributed by atoms with Gasteiger partial charge in [0, 0.05) is 47.5 Å². The fourth-order valence-electron chi connectivity index (χ4n) is 5.28. The van der Waals surface area contributed by atoms with Crippen molar-refractivity contribution in [1.82, 2.24) is 15.0 Å². The summed E-state index contributed by atoms with van der Waals surface area (Å²) in [4.78, 5) is 19.6. The van der Waals surface area contributed by atoms with Crippen molar-refractivity contribution < 1.29 is 0 Å². The fraction of sp³-hybridized carbons (Fsp3) is 0.407.